The van der Waals surface area contributed by atoms with Crippen LogP contribution in [0.25, 0.3) is 0 Å². The zero-order valence-electron chi connectivity index (χ0n) is 18.6. The highest BCUT2D eigenvalue weighted by molar-refractivity contribution is 5.94. The maximum Gasteiger partial charge on any atom is 0.328 e. The van der Waals surface area contributed by atoms with Crippen molar-refractivity contribution >= 4 is 29.2 Å². The van der Waals surface area contributed by atoms with E-state index in [-0.39, 0.29) is 18.5 Å². The first-order chi connectivity index (χ1) is 15.9. The van der Waals surface area contributed by atoms with Crippen molar-refractivity contribution in [1.82, 2.24) is 25.2 Å². The lowest BCUT2D eigenvalue weighted by atomic mass is 10.2. The maximum absolute atomic E-state index is 14.6. The summed E-state index contributed by atoms with van der Waals surface area (Å²) >= 11 is 0. The van der Waals surface area contributed by atoms with Gasteiger partial charge in [0.15, 0.2) is 18.4 Å². The number of amides is 2. The molecule has 1 fully saturated rings. The van der Waals surface area contributed by atoms with Gasteiger partial charge in [0.2, 0.25) is 5.95 Å². The van der Waals surface area contributed by atoms with Gasteiger partial charge in [0, 0.05) is 37.4 Å². The molecule has 2 aromatic rings. The second-order valence-corrected chi connectivity index (χ2v) is 7.89. The lowest BCUT2D eigenvalue weighted by molar-refractivity contribution is 0.175. The molecule has 1 saturated heterocycles. The van der Waals surface area contributed by atoms with Crippen molar-refractivity contribution in [1.29, 1.82) is 0 Å². The second-order valence-electron chi connectivity index (χ2n) is 7.89. The van der Waals surface area contributed by atoms with Crippen molar-refractivity contribution in [2.45, 2.75) is 25.9 Å². The van der Waals surface area contributed by atoms with Gasteiger partial charge in [-0.1, -0.05) is 0 Å². The minimum Gasteiger partial charge on any atom is -0.497 e. The van der Waals surface area contributed by atoms with Crippen molar-refractivity contribution in [3.05, 3.63) is 42.7 Å². The maximum atomic E-state index is 14.6. The number of urea groups is 1. The molecule has 33 heavy (non-hydrogen) atoms. The van der Waals surface area contributed by atoms with E-state index in [2.05, 4.69) is 45.2 Å². The first-order valence-corrected chi connectivity index (χ1v) is 10.5. The molecule has 0 bridgehead atoms. The zero-order valence-corrected chi connectivity index (χ0v) is 18.6. The van der Waals surface area contributed by atoms with Crippen LogP contribution in [0, 0.1) is 5.82 Å². The summed E-state index contributed by atoms with van der Waals surface area (Å²) in [6, 6.07) is 5.16. The van der Waals surface area contributed by atoms with Gasteiger partial charge < -0.3 is 25.4 Å². The number of halogens is 1. The number of nitrogens with zero attached hydrogens (tertiary/aromatic N) is 4. The van der Waals surface area contributed by atoms with Crippen molar-refractivity contribution in [3.8, 4) is 5.75 Å². The van der Waals surface area contributed by atoms with Crippen LogP contribution < -0.4 is 26.1 Å². The summed E-state index contributed by atoms with van der Waals surface area (Å²) in [6.07, 6.45) is 4.04. The highest BCUT2D eigenvalue weighted by Crippen LogP contribution is 2.30. The van der Waals surface area contributed by atoms with E-state index in [9.17, 15) is 9.18 Å². The first kappa shape index (κ1) is 22.6. The molecule has 12 heteroatoms. The standard InChI is InChI=1S/C21H27FN8O3/c1-13-10-30(11-14(2)24-13)28-20-23-9-16(22)19(27-20)25-17-5-4-15(32-3)8-18(17)26-21(31)29-6-7-33-12-29/h4-9,13-14,24H,10-12H2,1-3H3,(H,26,31)(H2,23,25,27,28)/t13-,14+. The monoisotopic (exact) mass is 458 g/mol. The Bertz CT molecular complexity index is 1030. The van der Waals surface area contributed by atoms with E-state index < -0.39 is 11.8 Å². The molecule has 176 valence electrons. The van der Waals surface area contributed by atoms with Crippen molar-refractivity contribution in [2.24, 2.45) is 0 Å². The SMILES string of the molecule is COc1ccc(Nc2nc(NN3C[C@@H](C)N[C@@H](C)C3)ncc2F)c(NC(=O)N2C=COC2)c1. The number of anilines is 4. The fourth-order valence-corrected chi connectivity index (χ4v) is 3.65. The van der Waals surface area contributed by atoms with Gasteiger partial charge in [-0.3, -0.25) is 10.3 Å². The number of carbonyl (C=O) groups excluding carboxylic acids is 1. The molecule has 2 atom stereocenters. The minimum absolute atomic E-state index is 0.0335. The summed E-state index contributed by atoms with van der Waals surface area (Å²) in [4.78, 5) is 22.2. The molecule has 2 aliphatic heterocycles. The van der Waals surface area contributed by atoms with Crippen LogP contribution in [0.3, 0.4) is 0 Å². The summed E-state index contributed by atoms with van der Waals surface area (Å²) in [5.74, 6) is 0.121. The van der Waals surface area contributed by atoms with E-state index >= 15 is 0 Å². The van der Waals surface area contributed by atoms with E-state index in [1.165, 1.54) is 24.5 Å². The van der Waals surface area contributed by atoms with Crippen LogP contribution in [0.5, 0.6) is 5.75 Å². The number of rotatable bonds is 6. The number of benzene rings is 1. The molecule has 4 rings (SSSR count). The lowest BCUT2D eigenvalue weighted by Crippen LogP contribution is -2.55. The normalized spacial score (nSPS) is 20.3. The fraction of sp³-hybridized carbons (Fsp3) is 0.381. The summed E-state index contributed by atoms with van der Waals surface area (Å²) in [6.45, 7) is 5.78. The van der Waals surface area contributed by atoms with Gasteiger partial charge in [-0.25, -0.2) is 19.2 Å². The van der Waals surface area contributed by atoms with Crippen molar-refractivity contribution in [2.75, 3.05) is 43.0 Å². The molecule has 0 saturated carbocycles. The summed E-state index contributed by atoms with van der Waals surface area (Å²) in [5.41, 5.74) is 3.96. The van der Waals surface area contributed by atoms with Crippen LogP contribution in [0.15, 0.2) is 36.9 Å². The molecule has 2 amide bonds. The van der Waals surface area contributed by atoms with Gasteiger partial charge in [0.05, 0.1) is 24.7 Å². The number of hydrogen-bond donors (Lipinski definition) is 4. The number of nitrogens with one attached hydrogen (secondary N) is 4. The third-order valence-corrected chi connectivity index (χ3v) is 5.09. The van der Waals surface area contributed by atoms with Crippen LogP contribution in [-0.2, 0) is 4.74 Å². The Labute approximate surface area is 190 Å². The van der Waals surface area contributed by atoms with E-state index in [1.54, 1.807) is 18.2 Å². The van der Waals surface area contributed by atoms with Crippen LogP contribution in [0.4, 0.5) is 32.3 Å². The van der Waals surface area contributed by atoms with Gasteiger partial charge in [0.1, 0.15) is 12.0 Å². The average molecular weight is 458 g/mol. The predicted octanol–water partition coefficient (Wildman–Crippen LogP) is 2.67. The summed E-state index contributed by atoms with van der Waals surface area (Å²) in [7, 11) is 1.52. The predicted molar refractivity (Wildman–Crippen MR) is 121 cm³/mol. The molecular weight excluding hydrogens is 431 g/mol. The number of hydrazine groups is 1. The quantitative estimate of drug-likeness (QED) is 0.518. The van der Waals surface area contributed by atoms with Gasteiger partial charge in [-0.2, -0.15) is 4.98 Å². The van der Waals surface area contributed by atoms with Gasteiger partial charge in [-0.15, -0.1) is 0 Å². The van der Waals surface area contributed by atoms with E-state index in [0.29, 0.717) is 29.2 Å². The van der Waals surface area contributed by atoms with E-state index in [4.69, 9.17) is 9.47 Å². The molecule has 4 N–H and O–H groups in total. The highest BCUT2D eigenvalue weighted by Gasteiger charge is 2.22. The van der Waals surface area contributed by atoms with Gasteiger partial charge in [0.25, 0.3) is 0 Å². The van der Waals surface area contributed by atoms with E-state index in [1.807, 2.05) is 5.01 Å². The number of carbonyl (C=O) groups is 1. The van der Waals surface area contributed by atoms with E-state index in [0.717, 1.165) is 19.3 Å². The van der Waals surface area contributed by atoms with Crippen LogP contribution in [-0.4, -0.2) is 64.9 Å². The van der Waals surface area contributed by atoms with Crippen LogP contribution >= 0.6 is 0 Å². The molecule has 0 aliphatic carbocycles. The average Bonchev–Trinajstić information content (AvgIpc) is 3.31. The second kappa shape index (κ2) is 9.88. The molecule has 0 radical (unpaired) electrons. The van der Waals surface area contributed by atoms with Gasteiger partial charge in [-0.05, 0) is 26.0 Å². The van der Waals surface area contributed by atoms with Crippen LogP contribution in [0.1, 0.15) is 13.8 Å². The Kier molecular flexibility index (Phi) is 6.75. The number of ether oxygens (including phenoxy) is 2. The molecule has 3 heterocycles. The van der Waals surface area contributed by atoms with Gasteiger partial charge >= 0.3 is 6.03 Å². The smallest absolute Gasteiger partial charge is 0.328 e. The highest BCUT2D eigenvalue weighted by atomic mass is 19.1. The molecule has 0 unspecified atom stereocenters. The molecule has 1 aromatic heterocycles. The molecule has 2 aliphatic rings. The number of methoxy groups -OCH3 is 1. The molecule has 1 aromatic carbocycles. The Morgan fingerprint density at radius 1 is 1.27 bits per heavy atom. The molecule has 11 nitrogen and oxygen atoms in total. The topological polar surface area (TPSA) is 116 Å². The largest absolute Gasteiger partial charge is 0.497 e. The number of piperazine rings is 1. The van der Waals surface area contributed by atoms with Crippen LogP contribution in [0.2, 0.25) is 0 Å². The number of aromatic nitrogens is 2. The Morgan fingerprint density at radius 2 is 2.06 bits per heavy atom. The first-order valence-electron chi connectivity index (χ1n) is 10.5. The third kappa shape index (κ3) is 5.59. The Hall–Kier alpha value is -3.64. The Morgan fingerprint density at radius 3 is 2.76 bits per heavy atom. The Balaban J connectivity index is 1.53. The van der Waals surface area contributed by atoms with Crippen molar-refractivity contribution in [3.63, 3.8) is 0 Å². The number of hydrogen-bond acceptors (Lipinski definition) is 9. The van der Waals surface area contributed by atoms with Crippen molar-refractivity contribution < 1.29 is 18.7 Å². The lowest BCUT2D eigenvalue weighted by Gasteiger charge is -2.35. The molecule has 0 spiro atoms. The third-order valence-electron chi connectivity index (χ3n) is 5.09. The zero-order chi connectivity index (χ0) is 23.4. The summed E-state index contributed by atoms with van der Waals surface area (Å²) in [5, 5.41) is 11.2. The summed E-state index contributed by atoms with van der Waals surface area (Å²) < 4.78 is 24.9. The fourth-order valence-electron chi connectivity index (χ4n) is 3.65. The molecular formula is C21H27FN8O3. The minimum atomic E-state index is -0.633.